The zero-order valence-corrected chi connectivity index (χ0v) is 23.6. The lowest BCUT2D eigenvalue weighted by molar-refractivity contribution is 0.0735. The molecule has 0 fully saturated rings. The molecule has 3 aromatic carbocycles. The van der Waals surface area contributed by atoms with Crippen LogP contribution in [-0.2, 0) is 6.42 Å². The number of hydrogen-bond donors (Lipinski definition) is 1. The van der Waals surface area contributed by atoms with E-state index in [4.69, 9.17) is 44.5 Å². The first kappa shape index (κ1) is 27.2. The van der Waals surface area contributed by atoms with E-state index in [0.717, 1.165) is 34.6 Å². The van der Waals surface area contributed by atoms with Gasteiger partial charge in [0, 0.05) is 28.5 Å². The first-order chi connectivity index (χ1) is 18.6. The summed E-state index contributed by atoms with van der Waals surface area (Å²) in [6.07, 6.45) is 0.719. The largest absolute Gasteiger partial charge is 0.423 e. The highest BCUT2D eigenvalue weighted by atomic mass is 35.5. The van der Waals surface area contributed by atoms with Gasteiger partial charge in [0.25, 0.3) is 0 Å². The average molecular weight is 586 g/mol. The fraction of sp³-hybridized carbons (Fsp3) is 0.207. The van der Waals surface area contributed by atoms with E-state index in [9.17, 15) is 9.18 Å². The van der Waals surface area contributed by atoms with Crippen molar-refractivity contribution in [3.8, 4) is 5.75 Å². The fourth-order valence-corrected chi connectivity index (χ4v) is 5.64. The monoisotopic (exact) mass is 584 g/mol. The topological polar surface area (TPSA) is 67.3 Å². The van der Waals surface area contributed by atoms with Crippen molar-refractivity contribution >= 4 is 58.2 Å². The molecule has 0 amide bonds. The first-order valence-corrected chi connectivity index (χ1v) is 13.4. The Morgan fingerprint density at radius 1 is 1.03 bits per heavy atom. The highest BCUT2D eigenvalue weighted by molar-refractivity contribution is 6.41. The number of aromatic nitrogens is 2. The summed E-state index contributed by atoms with van der Waals surface area (Å²) in [4.78, 5) is 24.4. The molecule has 200 valence electrons. The summed E-state index contributed by atoms with van der Waals surface area (Å²) in [6, 6.07) is 14.6. The van der Waals surface area contributed by atoms with Crippen LogP contribution < -0.4 is 15.0 Å². The van der Waals surface area contributed by atoms with Crippen molar-refractivity contribution in [1.29, 1.82) is 0 Å². The number of nitrogens with zero attached hydrogens (tertiary/aromatic N) is 3. The minimum Gasteiger partial charge on any atom is -0.423 e. The van der Waals surface area contributed by atoms with Gasteiger partial charge in [-0.1, -0.05) is 40.9 Å². The lowest BCUT2D eigenvalue weighted by atomic mass is 9.93. The fourth-order valence-electron chi connectivity index (χ4n) is 4.67. The van der Waals surface area contributed by atoms with Crippen LogP contribution in [0, 0.1) is 19.7 Å². The molecule has 5 rings (SSSR count). The third-order valence-electron chi connectivity index (χ3n) is 6.81. The summed E-state index contributed by atoms with van der Waals surface area (Å²) >= 11 is 18.3. The van der Waals surface area contributed by atoms with Crippen molar-refractivity contribution in [2.45, 2.75) is 33.2 Å². The summed E-state index contributed by atoms with van der Waals surface area (Å²) < 4.78 is 18.9. The Hall–Kier alpha value is -3.39. The number of carbonyl (C=O) groups excluding carboxylic acids is 1. The molecule has 1 aliphatic heterocycles. The van der Waals surface area contributed by atoms with Crippen molar-refractivity contribution < 1.29 is 13.9 Å². The first-order valence-electron chi connectivity index (χ1n) is 12.2. The van der Waals surface area contributed by atoms with Crippen LogP contribution in [0.25, 0.3) is 0 Å². The van der Waals surface area contributed by atoms with Gasteiger partial charge < -0.3 is 15.0 Å². The van der Waals surface area contributed by atoms with Crippen LogP contribution in [0.5, 0.6) is 5.75 Å². The number of carbonyl (C=O) groups is 1. The van der Waals surface area contributed by atoms with E-state index in [2.05, 4.69) is 22.1 Å². The molecule has 1 aromatic heterocycles. The quantitative estimate of drug-likeness (QED) is 0.188. The van der Waals surface area contributed by atoms with Gasteiger partial charge in [0.05, 0.1) is 21.7 Å². The molecule has 4 aromatic rings. The summed E-state index contributed by atoms with van der Waals surface area (Å²) in [5, 5.41) is 3.76. The van der Waals surface area contributed by atoms with E-state index >= 15 is 0 Å². The van der Waals surface area contributed by atoms with E-state index < -0.39 is 5.97 Å². The van der Waals surface area contributed by atoms with Crippen LogP contribution in [0.2, 0.25) is 15.1 Å². The van der Waals surface area contributed by atoms with Gasteiger partial charge >= 0.3 is 5.97 Å². The molecule has 1 N–H and O–H groups in total. The van der Waals surface area contributed by atoms with Gasteiger partial charge in [0.2, 0.25) is 5.95 Å². The van der Waals surface area contributed by atoms with Crippen LogP contribution in [0.1, 0.15) is 45.7 Å². The molecule has 0 spiro atoms. The number of anilines is 3. The molecule has 0 saturated heterocycles. The highest BCUT2D eigenvalue weighted by Crippen LogP contribution is 2.37. The maximum Gasteiger partial charge on any atom is 0.346 e. The van der Waals surface area contributed by atoms with Crippen LogP contribution >= 0.6 is 34.8 Å². The van der Waals surface area contributed by atoms with Gasteiger partial charge in [-0.25, -0.2) is 14.2 Å². The zero-order valence-electron chi connectivity index (χ0n) is 21.4. The van der Waals surface area contributed by atoms with Crippen LogP contribution in [0.4, 0.5) is 21.8 Å². The summed E-state index contributed by atoms with van der Waals surface area (Å²) in [5.41, 5.74) is 4.78. The van der Waals surface area contributed by atoms with Crippen molar-refractivity contribution in [1.82, 2.24) is 9.97 Å². The average Bonchev–Trinajstić information content (AvgIpc) is 2.87. The van der Waals surface area contributed by atoms with Crippen LogP contribution in [0.15, 0.2) is 54.6 Å². The molecular weight excluding hydrogens is 562 g/mol. The zero-order chi connectivity index (χ0) is 27.8. The Labute approximate surface area is 240 Å². The van der Waals surface area contributed by atoms with Crippen molar-refractivity contribution in [3.63, 3.8) is 0 Å². The van der Waals surface area contributed by atoms with E-state index in [0.29, 0.717) is 29.0 Å². The highest BCUT2D eigenvalue weighted by Gasteiger charge is 2.28. The minimum absolute atomic E-state index is 0.00493. The number of esters is 1. The van der Waals surface area contributed by atoms with Crippen molar-refractivity contribution in [2.24, 2.45) is 0 Å². The van der Waals surface area contributed by atoms with E-state index in [1.807, 2.05) is 26.0 Å². The van der Waals surface area contributed by atoms with E-state index in [1.165, 1.54) is 24.3 Å². The predicted octanol–water partition coefficient (Wildman–Crippen LogP) is 8.28. The molecular formula is C29H24Cl3FN4O2. The second kappa shape index (κ2) is 11.0. The van der Waals surface area contributed by atoms with Gasteiger partial charge in [0.15, 0.2) is 0 Å². The lowest BCUT2D eigenvalue weighted by Crippen LogP contribution is -2.35. The van der Waals surface area contributed by atoms with Gasteiger partial charge in [-0.05, 0) is 86.8 Å². The molecule has 0 radical (unpaired) electrons. The molecule has 39 heavy (non-hydrogen) atoms. The van der Waals surface area contributed by atoms with Crippen LogP contribution in [-0.4, -0.2) is 22.5 Å². The second-order valence-corrected chi connectivity index (χ2v) is 10.6. The number of hydrogen-bond acceptors (Lipinski definition) is 6. The third kappa shape index (κ3) is 5.66. The van der Waals surface area contributed by atoms with Crippen LogP contribution in [0.3, 0.4) is 0 Å². The number of fused-ring (bicyclic) bond motifs is 1. The molecule has 10 heteroatoms. The van der Waals surface area contributed by atoms with Crippen molar-refractivity contribution in [3.05, 3.63) is 103 Å². The smallest absolute Gasteiger partial charge is 0.346 e. The van der Waals surface area contributed by atoms with Gasteiger partial charge in [-0.2, -0.15) is 4.98 Å². The summed E-state index contributed by atoms with van der Waals surface area (Å²) in [7, 11) is 0. The Balaban J connectivity index is 1.38. The number of benzene rings is 3. The van der Waals surface area contributed by atoms with E-state index in [1.54, 1.807) is 18.2 Å². The normalized spacial score (nSPS) is 14.6. The van der Waals surface area contributed by atoms with Gasteiger partial charge in [-0.3, -0.25) is 0 Å². The summed E-state index contributed by atoms with van der Waals surface area (Å²) in [6.45, 7) is 6.76. The molecule has 1 unspecified atom stereocenters. The third-order valence-corrected chi connectivity index (χ3v) is 7.63. The lowest BCUT2D eigenvalue weighted by Gasteiger charge is -2.37. The Morgan fingerprint density at radius 2 is 1.72 bits per heavy atom. The SMILES string of the molecule is Cc1nc(Nc2ccc(F)cc2)nc(N2CCc3cc(OC(=O)c4c(Cl)cc(Cl)cc4Cl)ccc3C2C)c1C. The standard InChI is InChI=1S/C29H24Cl3FN4O2/c1-15-16(2)34-29(35-21-6-4-20(33)5-7-21)36-27(15)37-11-10-18-12-22(8-9-23(18)17(37)3)39-28(38)26-24(31)13-19(30)14-25(26)32/h4-9,12-14,17H,10-11H2,1-3H3,(H,34,35,36). The number of ether oxygens (including phenoxy) is 1. The predicted molar refractivity (Wildman–Crippen MR) is 154 cm³/mol. The number of nitrogens with one attached hydrogen (secondary N) is 1. The van der Waals surface area contributed by atoms with Gasteiger partial charge in [0.1, 0.15) is 17.4 Å². The molecule has 0 saturated carbocycles. The van der Waals surface area contributed by atoms with Gasteiger partial charge in [-0.15, -0.1) is 0 Å². The Morgan fingerprint density at radius 3 is 2.41 bits per heavy atom. The molecule has 1 atom stereocenters. The number of aryl methyl sites for hydroxylation is 1. The molecule has 1 aliphatic rings. The maximum atomic E-state index is 13.3. The summed E-state index contributed by atoms with van der Waals surface area (Å²) in [5.74, 6) is 0.715. The Bertz CT molecular complexity index is 1560. The molecule has 6 nitrogen and oxygen atoms in total. The molecule has 0 aliphatic carbocycles. The van der Waals surface area contributed by atoms with Crippen molar-refractivity contribution in [2.75, 3.05) is 16.8 Å². The molecule has 2 heterocycles. The molecule has 0 bridgehead atoms. The maximum absolute atomic E-state index is 13.3. The number of halogens is 4. The Kier molecular flexibility index (Phi) is 7.67. The minimum atomic E-state index is -0.652. The second-order valence-electron chi connectivity index (χ2n) is 9.33. The number of rotatable bonds is 5. The van der Waals surface area contributed by atoms with E-state index in [-0.39, 0.29) is 27.5 Å².